The minimum absolute atomic E-state index is 0.526. The molecule has 0 aliphatic heterocycles. The van der Waals surface area contributed by atoms with Crippen molar-refractivity contribution in [2.75, 3.05) is 7.11 Å². The second-order valence-electron chi connectivity index (χ2n) is 3.89. The van der Waals surface area contributed by atoms with Crippen molar-refractivity contribution in [3.8, 4) is 23.3 Å². The summed E-state index contributed by atoms with van der Waals surface area (Å²) in [6.07, 6.45) is 0. The minimum Gasteiger partial charge on any atom is -0.497 e. The molecule has 0 spiro atoms. The van der Waals surface area contributed by atoms with Gasteiger partial charge < -0.3 is 9.47 Å². The fourth-order valence-electron chi connectivity index (χ4n) is 1.61. The van der Waals surface area contributed by atoms with E-state index in [0.29, 0.717) is 17.1 Å². The van der Waals surface area contributed by atoms with E-state index in [2.05, 4.69) is 6.07 Å². The molecule has 0 saturated carbocycles. The first-order valence-electron chi connectivity index (χ1n) is 5.55. The van der Waals surface area contributed by atoms with E-state index in [9.17, 15) is 0 Å². The van der Waals surface area contributed by atoms with Gasteiger partial charge in [-0.05, 0) is 36.8 Å². The lowest BCUT2D eigenvalue weighted by molar-refractivity contribution is 0.409. The lowest BCUT2D eigenvalue weighted by atomic mass is 10.1. The average Bonchev–Trinajstić information content (AvgIpc) is 2.41. The quantitative estimate of drug-likeness (QED) is 0.820. The highest BCUT2D eigenvalue weighted by Gasteiger charge is 2.05. The molecule has 2 aromatic rings. The molecule has 0 bridgehead atoms. The Balaban J connectivity index is 2.31. The molecule has 0 aromatic heterocycles. The third-order valence-electron chi connectivity index (χ3n) is 2.52. The molecule has 0 amide bonds. The van der Waals surface area contributed by atoms with Crippen molar-refractivity contribution >= 4 is 0 Å². The van der Waals surface area contributed by atoms with E-state index >= 15 is 0 Å². The molecule has 0 aliphatic carbocycles. The molecule has 0 unspecified atom stereocenters. The number of benzene rings is 2. The fourth-order valence-corrected chi connectivity index (χ4v) is 1.61. The summed E-state index contributed by atoms with van der Waals surface area (Å²) in [5.41, 5.74) is 1.56. The number of hydrogen-bond acceptors (Lipinski definition) is 3. The summed E-state index contributed by atoms with van der Waals surface area (Å²) in [4.78, 5) is 0. The van der Waals surface area contributed by atoms with Gasteiger partial charge in [0.05, 0.1) is 12.7 Å². The van der Waals surface area contributed by atoms with Gasteiger partial charge >= 0.3 is 0 Å². The van der Waals surface area contributed by atoms with Crippen LogP contribution in [0.3, 0.4) is 0 Å². The summed E-state index contributed by atoms with van der Waals surface area (Å²) >= 11 is 0. The molecule has 0 atom stereocenters. The number of hydrogen-bond donors (Lipinski definition) is 0. The van der Waals surface area contributed by atoms with Gasteiger partial charge in [-0.25, -0.2) is 0 Å². The Hall–Kier alpha value is -2.47. The maximum atomic E-state index is 9.07. The van der Waals surface area contributed by atoms with Gasteiger partial charge in [0.15, 0.2) is 0 Å². The van der Waals surface area contributed by atoms with Gasteiger partial charge in [-0.2, -0.15) is 5.26 Å². The Morgan fingerprint density at radius 1 is 1.06 bits per heavy atom. The highest BCUT2D eigenvalue weighted by atomic mass is 16.5. The van der Waals surface area contributed by atoms with Crippen LogP contribution in [-0.4, -0.2) is 7.11 Å². The van der Waals surface area contributed by atoms with Gasteiger partial charge in [-0.3, -0.25) is 0 Å². The molecule has 90 valence electrons. The second kappa shape index (κ2) is 5.24. The van der Waals surface area contributed by atoms with Gasteiger partial charge in [0.2, 0.25) is 0 Å². The fraction of sp³-hybridized carbons (Fsp3) is 0.133. The molecule has 0 saturated heterocycles. The van der Waals surface area contributed by atoms with Crippen LogP contribution in [0.2, 0.25) is 0 Å². The van der Waals surface area contributed by atoms with Gasteiger partial charge in [0.1, 0.15) is 23.3 Å². The Bertz CT molecular complexity index is 600. The van der Waals surface area contributed by atoms with Crippen LogP contribution in [0.1, 0.15) is 11.1 Å². The van der Waals surface area contributed by atoms with Crippen LogP contribution in [0.25, 0.3) is 0 Å². The summed E-state index contributed by atoms with van der Waals surface area (Å²) in [5, 5.41) is 9.07. The SMILES string of the molecule is COc1cccc(Oc2ccc(C)cc2C#N)c1. The molecular formula is C15H13NO2. The maximum Gasteiger partial charge on any atom is 0.145 e. The monoisotopic (exact) mass is 239 g/mol. The predicted octanol–water partition coefficient (Wildman–Crippen LogP) is 3.67. The second-order valence-corrected chi connectivity index (χ2v) is 3.89. The molecule has 3 nitrogen and oxygen atoms in total. The van der Waals surface area contributed by atoms with Crippen LogP contribution in [0, 0.1) is 18.3 Å². The molecular weight excluding hydrogens is 226 g/mol. The van der Waals surface area contributed by atoms with Crippen molar-refractivity contribution in [1.29, 1.82) is 5.26 Å². The largest absolute Gasteiger partial charge is 0.497 e. The first-order valence-corrected chi connectivity index (χ1v) is 5.55. The first-order chi connectivity index (χ1) is 8.72. The molecule has 0 aliphatic rings. The molecule has 2 rings (SSSR count). The van der Waals surface area contributed by atoms with E-state index in [-0.39, 0.29) is 0 Å². The van der Waals surface area contributed by atoms with E-state index in [4.69, 9.17) is 14.7 Å². The first kappa shape index (κ1) is 12.0. The Labute approximate surface area is 106 Å². The summed E-state index contributed by atoms with van der Waals surface area (Å²) in [6, 6.07) is 14.9. The number of nitrogens with zero attached hydrogens (tertiary/aromatic N) is 1. The van der Waals surface area contributed by atoms with Crippen molar-refractivity contribution in [3.63, 3.8) is 0 Å². The predicted molar refractivity (Wildman–Crippen MR) is 69.0 cm³/mol. The standard InChI is InChI=1S/C15H13NO2/c1-11-6-7-15(12(8-11)10-16)18-14-5-3-4-13(9-14)17-2/h3-9H,1-2H3. The highest BCUT2D eigenvalue weighted by Crippen LogP contribution is 2.28. The Kier molecular flexibility index (Phi) is 3.49. The molecule has 0 heterocycles. The van der Waals surface area contributed by atoms with Crippen LogP contribution in [0.4, 0.5) is 0 Å². The number of nitriles is 1. The Morgan fingerprint density at radius 2 is 1.83 bits per heavy atom. The van der Waals surface area contributed by atoms with Gasteiger partial charge in [-0.15, -0.1) is 0 Å². The van der Waals surface area contributed by atoms with Crippen molar-refractivity contribution in [2.45, 2.75) is 6.92 Å². The molecule has 3 heteroatoms. The third-order valence-corrected chi connectivity index (χ3v) is 2.52. The smallest absolute Gasteiger partial charge is 0.145 e. The highest BCUT2D eigenvalue weighted by molar-refractivity contribution is 5.47. The van der Waals surface area contributed by atoms with E-state index in [0.717, 1.165) is 11.3 Å². The average molecular weight is 239 g/mol. The van der Waals surface area contributed by atoms with E-state index in [1.54, 1.807) is 25.3 Å². The van der Waals surface area contributed by atoms with Crippen molar-refractivity contribution in [1.82, 2.24) is 0 Å². The summed E-state index contributed by atoms with van der Waals surface area (Å²) in [7, 11) is 1.60. The van der Waals surface area contributed by atoms with Crippen molar-refractivity contribution in [2.24, 2.45) is 0 Å². The summed E-state index contributed by atoms with van der Waals surface area (Å²) < 4.78 is 10.8. The zero-order chi connectivity index (χ0) is 13.0. The van der Waals surface area contributed by atoms with Crippen molar-refractivity contribution in [3.05, 3.63) is 53.6 Å². The molecule has 18 heavy (non-hydrogen) atoms. The van der Waals surface area contributed by atoms with Gasteiger partial charge in [-0.1, -0.05) is 12.1 Å². The topological polar surface area (TPSA) is 42.2 Å². The van der Waals surface area contributed by atoms with Crippen LogP contribution in [0.15, 0.2) is 42.5 Å². The molecule has 0 fully saturated rings. The van der Waals surface area contributed by atoms with E-state index in [1.807, 2.05) is 31.2 Å². The van der Waals surface area contributed by atoms with Crippen molar-refractivity contribution < 1.29 is 9.47 Å². The minimum atomic E-state index is 0.526. The van der Waals surface area contributed by atoms with Gasteiger partial charge in [0.25, 0.3) is 0 Å². The Morgan fingerprint density at radius 3 is 2.56 bits per heavy atom. The lowest BCUT2D eigenvalue weighted by Crippen LogP contribution is -1.90. The zero-order valence-electron chi connectivity index (χ0n) is 10.3. The number of rotatable bonds is 3. The summed E-state index contributed by atoms with van der Waals surface area (Å²) in [6.45, 7) is 1.94. The van der Waals surface area contributed by atoms with E-state index < -0.39 is 0 Å². The molecule has 0 N–H and O–H groups in total. The van der Waals surface area contributed by atoms with Crippen LogP contribution < -0.4 is 9.47 Å². The van der Waals surface area contributed by atoms with Crippen LogP contribution >= 0.6 is 0 Å². The molecule has 2 aromatic carbocycles. The van der Waals surface area contributed by atoms with Crippen LogP contribution in [0.5, 0.6) is 17.2 Å². The zero-order valence-corrected chi connectivity index (χ0v) is 10.3. The number of aryl methyl sites for hydroxylation is 1. The summed E-state index contributed by atoms with van der Waals surface area (Å²) in [5.74, 6) is 1.92. The third kappa shape index (κ3) is 2.61. The normalized spacial score (nSPS) is 9.61. The number of ether oxygens (including phenoxy) is 2. The molecule has 0 radical (unpaired) electrons. The maximum absolute atomic E-state index is 9.07. The van der Waals surface area contributed by atoms with Crippen LogP contribution in [-0.2, 0) is 0 Å². The van der Waals surface area contributed by atoms with E-state index in [1.165, 1.54) is 0 Å². The lowest BCUT2D eigenvalue weighted by Gasteiger charge is -2.09. The number of methoxy groups -OCH3 is 1. The van der Waals surface area contributed by atoms with Gasteiger partial charge in [0, 0.05) is 6.07 Å².